The van der Waals surface area contributed by atoms with E-state index in [9.17, 15) is 4.79 Å². The van der Waals surface area contributed by atoms with E-state index in [-0.39, 0.29) is 0 Å². The van der Waals surface area contributed by atoms with Gasteiger partial charge in [0.25, 0.3) is 0 Å². The highest BCUT2D eigenvalue weighted by Crippen LogP contribution is 2.21. The Morgan fingerprint density at radius 3 is 2.54 bits per heavy atom. The largest absolute Gasteiger partial charge is 0.481 e. The molecule has 4 nitrogen and oxygen atoms in total. The van der Waals surface area contributed by atoms with Gasteiger partial charge in [0.15, 0.2) is 0 Å². The van der Waals surface area contributed by atoms with Crippen molar-refractivity contribution in [3.8, 4) is 0 Å². The molecule has 4 heteroatoms. The molecular weight excluding hydrogens is 170 g/mol. The first kappa shape index (κ1) is 9.77. The SMILES string of the molecule is CCC(C(=O)O)c1nc(C)c(C)o1. The second-order valence-electron chi connectivity index (χ2n) is 2.99. The lowest BCUT2D eigenvalue weighted by molar-refractivity contribution is -0.139. The van der Waals surface area contributed by atoms with Gasteiger partial charge in [-0.3, -0.25) is 4.79 Å². The lowest BCUT2D eigenvalue weighted by Crippen LogP contribution is -2.10. The fourth-order valence-corrected chi connectivity index (χ4v) is 1.10. The molecule has 0 aliphatic carbocycles. The minimum Gasteiger partial charge on any atom is -0.481 e. The van der Waals surface area contributed by atoms with Crippen LogP contribution < -0.4 is 0 Å². The van der Waals surface area contributed by atoms with Crippen LogP contribution in [0.3, 0.4) is 0 Å². The Balaban J connectivity index is 2.98. The number of carboxylic acids is 1. The Morgan fingerprint density at radius 2 is 2.23 bits per heavy atom. The van der Waals surface area contributed by atoms with Crippen LogP contribution in [0, 0.1) is 13.8 Å². The minimum absolute atomic E-state index is 0.310. The van der Waals surface area contributed by atoms with E-state index in [0.717, 1.165) is 5.69 Å². The third-order valence-electron chi connectivity index (χ3n) is 2.05. The second kappa shape index (κ2) is 3.60. The monoisotopic (exact) mass is 183 g/mol. The molecule has 0 aliphatic heterocycles. The van der Waals surface area contributed by atoms with Gasteiger partial charge in [0, 0.05) is 0 Å². The van der Waals surface area contributed by atoms with Crippen molar-refractivity contribution in [2.75, 3.05) is 0 Å². The highest BCUT2D eigenvalue weighted by molar-refractivity contribution is 5.74. The maximum absolute atomic E-state index is 10.8. The van der Waals surface area contributed by atoms with E-state index >= 15 is 0 Å². The molecule has 72 valence electrons. The van der Waals surface area contributed by atoms with Crippen LogP contribution in [-0.4, -0.2) is 16.1 Å². The first-order chi connectivity index (χ1) is 6.06. The summed E-state index contributed by atoms with van der Waals surface area (Å²) in [5, 5.41) is 8.83. The lowest BCUT2D eigenvalue weighted by atomic mass is 10.1. The van der Waals surface area contributed by atoms with E-state index in [2.05, 4.69) is 4.98 Å². The van der Waals surface area contributed by atoms with Crippen LogP contribution in [0.2, 0.25) is 0 Å². The summed E-state index contributed by atoms with van der Waals surface area (Å²) in [5.41, 5.74) is 0.759. The summed E-state index contributed by atoms with van der Waals surface area (Å²) in [6, 6.07) is 0. The standard InChI is InChI=1S/C9H13NO3/c1-4-7(9(11)12)8-10-5(2)6(3)13-8/h7H,4H2,1-3H3,(H,11,12). The van der Waals surface area contributed by atoms with Crippen molar-refractivity contribution in [1.82, 2.24) is 4.98 Å². The van der Waals surface area contributed by atoms with Crippen molar-refractivity contribution < 1.29 is 14.3 Å². The Morgan fingerprint density at radius 1 is 1.62 bits per heavy atom. The van der Waals surface area contributed by atoms with E-state index in [1.807, 2.05) is 0 Å². The molecule has 1 atom stereocenters. The van der Waals surface area contributed by atoms with E-state index in [1.165, 1.54) is 0 Å². The minimum atomic E-state index is -0.885. The van der Waals surface area contributed by atoms with Gasteiger partial charge in [-0.05, 0) is 20.3 Å². The molecule has 13 heavy (non-hydrogen) atoms. The molecule has 1 rings (SSSR count). The Labute approximate surface area is 76.6 Å². The molecule has 1 aromatic rings. The highest BCUT2D eigenvalue weighted by atomic mass is 16.4. The smallest absolute Gasteiger partial charge is 0.315 e. The van der Waals surface area contributed by atoms with Crippen molar-refractivity contribution in [3.05, 3.63) is 17.3 Å². The van der Waals surface area contributed by atoms with E-state index in [4.69, 9.17) is 9.52 Å². The van der Waals surface area contributed by atoms with E-state index in [1.54, 1.807) is 20.8 Å². The van der Waals surface area contributed by atoms with Gasteiger partial charge in [-0.1, -0.05) is 6.92 Å². The van der Waals surface area contributed by atoms with Gasteiger partial charge in [-0.25, -0.2) is 4.98 Å². The molecule has 1 unspecified atom stereocenters. The molecule has 0 radical (unpaired) electrons. The predicted octanol–water partition coefficient (Wildman–Crippen LogP) is 1.87. The van der Waals surface area contributed by atoms with Crippen molar-refractivity contribution >= 4 is 5.97 Å². The Hall–Kier alpha value is -1.32. The van der Waals surface area contributed by atoms with Gasteiger partial charge in [-0.2, -0.15) is 0 Å². The summed E-state index contributed by atoms with van der Waals surface area (Å²) >= 11 is 0. The topological polar surface area (TPSA) is 63.3 Å². The second-order valence-corrected chi connectivity index (χ2v) is 2.99. The van der Waals surface area contributed by atoms with Crippen molar-refractivity contribution in [2.45, 2.75) is 33.1 Å². The van der Waals surface area contributed by atoms with Gasteiger partial charge in [-0.15, -0.1) is 0 Å². The number of nitrogens with zero attached hydrogens (tertiary/aromatic N) is 1. The molecular formula is C9H13NO3. The zero-order chi connectivity index (χ0) is 10.0. The third kappa shape index (κ3) is 1.88. The van der Waals surface area contributed by atoms with Crippen LogP contribution in [0.1, 0.15) is 36.6 Å². The summed E-state index contributed by atoms with van der Waals surface area (Å²) in [6.45, 7) is 5.38. The average molecular weight is 183 g/mol. The number of aliphatic carboxylic acids is 1. The van der Waals surface area contributed by atoms with Gasteiger partial charge in [0.2, 0.25) is 5.89 Å². The van der Waals surface area contributed by atoms with Gasteiger partial charge >= 0.3 is 5.97 Å². The number of aromatic nitrogens is 1. The molecule has 0 saturated heterocycles. The number of hydrogen-bond acceptors (Lipinski definition) is 3. The zero-order valence-electron chi connectivity index (χ0n) is 8.00. The van der Waals surface area contributed by atoms with Crippen molar-refractivity contribution in [1.29, 1.82) is 0 Å². The van der Waals surface area contributed by atoms with Crippen LogP contribution >= 0.6 is 0 Å². The van der Waals surface area contributed by atoms with Crippen LogP contribution in [0.15, 0.2) is 4.42 Å². The first-order valence-corrected chi connectivity index (χ1v) is 4.23. The Bertz CT molecular complexity index is 297. The number of rotatable bonds is 3. The summed E-state index contributed by atoms with van der Waals surface area (Å²) in [6.07, 6.45) is 0.495. The lowest BCUT2D eigenvalue weighted by Gasteiger charge is -2.02. The predicted molar refractivity (Wildman–Crippen MR) is 46.6 cm³/mol. The van der Waals surface area contributed by atoms with Crippen LogP contribution in [-0.2, 0) is 4.79 Å². The van der Waals surface area contributed by atoms with E-state index in [0.29, 0.717) is 18.1 Å². The Kier molecular flexibility index (Phi) is 2.70. The molecule has 0 saturated carbocycles. The van der Waals surface area contributed by atoms with Gasteiger partial charge in [0.1, 0.15) is 11.7 Å². The molecule has 1 heterocycles. The molecule has 0 fully saturated rings. The first-order valence-electron chi connectivity index (χ1n) is 4.23. The molecule has 0 spiro atoms. The molecule has 0 aliphatic rings. The summed E-state index contributed by atoms with van der Waals surface area (Å²) in [5.74, 6) is -0.504. The highest BCUT2D eigenvalue weighted by Gasteiger charge is 2.23. The number of aryl methyl sites for hydroxylation is 2. The maximum Gasteiger partial charge on any atom is 0.315 e. The summed E-state index contributed by atoms with van der Waals surface area (Å²) < 4.78 is 5.24. The van der Waals surface area contributed by atoms with Crippen LogP contribution in [0.5, 0.6) is 0 Å². The number of oxazole rings is 1. The fraction of sp³-hybridized carbons (Fsp3) is 0.556. The van der Waals surface area contributed by atoms with Gasteiger partial charge in [0.05, 0.1) is 5.69 Å². The fourth-order valence-electron chi connectivity index (χ4n) is 1.10. The molecule has 1 N–H and O–H groups in total. The van der Waals surface area contributed by atoms with E-state index < -0.39 is 11.9 Å². The van der Waals surface area contributed by atoms with Crippen molar-refractivity contribution in [2.24, 2.45) is 0 Å². The molecule has 0 bridgehead atoms. The average Bonchev–Trinajstić information content (AvgIpc) is 2.32. The number of carbonyl (C=O) groups is 1. The number of carboxylic acid groups (broad SMARTS) is 1. The summed E-state index contributed by atoms with van der Waals surface area (Å²) in [4.78, 5) is 14.8. The number of hydrogen-bond donors (Lipinski definition) is 1. The molecule has 1 aromatic heterocycles. The van der Waals surface area contributed by atoms with Crippen LogP contribution in [0.4, 0.5) is 0 Å². The normalized spacial score (nSPS) is 12.8. The van der Waals surface area contributed by atoms with Gasteiger partial charge < -0.3 is 9.52 Å². The third-order valence-corrected chi connectivity index (χ3v) is 2.05. The van der Waals surface area contributed by atoms with Crippen LogP contribution in [0.25, 0.3) is 0 Å². The summed E-state index contributed by atoms with van der Waals surface area (Å²) in [7, 11) is 0. The van der Waals surface area contributed by atoms with Crippen molar-refractivity contribution in [3.63, 3.8) is 0 Å². The quantitative estimate of drug-likeness (QED) is 0.776. The molecule has 0 amide bonds. The zero-order valence-corrected chi connectivity index (χ0v) is 8.00. The molecule has 0 aromatic carbocycles. The maximum atomic E-state index is 10.8.